The van der Waals surface area contributed by atoms with E-state index in [2.05, 4.69) is 22.2 Å². The van der Waals surface area contributed by atoms with Crippen molar-refractivity contribution in [3.8, 4) is 0 Å². The average Bonchev–Trinajstić information content (AvgIpc) is 2.82. The van der Waals surface area contributed by atoms with Crippen molar-refractivity contribution in [1.82, 2.24) is 4.98 Å². The summed E-state index contributed by atoms with van der Waals surface area (Å²) in [6.07, 6.45) is 4.80. The molecule has 1 aliphatic heterocycles. The summed E-state index contributed by atoms with van der Waals surface area (Å²) in [7, 11) is 0. The standard InChI is InChI=1S/C12H11N3/c1-5-11-10(4-2-7-13-11)12(6-1)15-9-3-8-14-15/h1-2,4-8H,3,9H2. The number of hydrazone groups is 1. The largest absolute Gasteiger partial charge is 0.265 e. The van der Waals surface area contributed by atoms with Crippen molar-refractivity contribution in [3.63, 3.8) is 0 Å². The highest BCUT2D eigenvalue weighted by Gasteiger charge is 2.11. The molecule has 0 unspecified atom stereocenters. The van der Waals surface area contributed by atoms with Gasteiger partial charge in [0.25, 0.3) is 0 Å². The van der Waals surface area contributed by atoms with Gasteiger partial charge in [0, 0.05) is 30.8 Å². The molecular formula is C12H11N3. The molecule has 2 heterocycles. The van der Waals surface area contributed by atoms with E-state index in [0.29, 0.717) is 0 Å². The van der Waals surface area contributed by atoms with Gasteiger partial charge in [0.1, 0.15) is 0 Å². The summed E-state index contributed by atoms with van der Waals surface area (Å²) in [6.45, 7) is 0.966. The van der Waals surface area contributed by atoms with Gasteiger partial charge in [-0.25, -0.2) is 0 Å². The van der Waals surface area contributed by atoms with Crippen LogP contribution in [0.15, 0.2) is 41.6 Å². The summed E-state index contributed by atoms with van der Waals surface area (Å²) >= 11 is 0. The van der Waals surface area contributed by atoms with Crippen molar-refractivity contribution in [3.05, 3.63) is 36.5 Å². The van der Waals surface area contributed by atoms with Crippen molar-refractivity contribution >= 4 is 22.8 Å². The van der Waals surface area contributed by atoms with Crippen LogP contribution in [0.1, 0.15) is 6.42 Å². The second kappa shape index (κ2) is 3.35. The van der Waals surface area contributed by atoms with Gasteiger partial charge in [-0.2, -0.15) is 5.10 Å². The third-order valence-corrected chi connectivity index (χ3v) is 2.59. The third-order valence-electron chi connectivity index (χ3n) is 2.59. The highest BCUT2D eigenvalue weighted by atomic mass is 15.5. The molecule has 3 nitrogen and oxygen atoms in total. The molecule has 0 amide bonds. The van der Waals surface area contributed by atoms with Crippen molar-refractivity contribution in [2.75, 3.05) is 11.6 Å². The lowest BCUT2D eigenvalue weighted by atomic mass is 10.2. The quantitative estimate of drug-likeness (QED) is 0.702. The van der Waals surface area contributed by atoms with Gasteiger partial charge in [-0.05, 0) is 24.3 Å². The molecular weight excluding hydrogens is 186 g/mol. The maximum absolute atomic E-state index is 4.34. The average molecular weight is 197 g/mol. The van der Waals surface area contributed by atoms with Gasteiger partial charge in [-0.1, -0.05) is 6.07 Å². The minimum Gasteiger partial charge on any atom is -0.265 e. The molecule has 0 aliphatic carbocycles. The van der Waals surface area contributed by atoms with Gasteiger partial charge in [-0.15, -0.1) is 0 Å². The van der Waals surface area contributed by atoms with Crippen LogP contribution in [0.25, 0.3) is 10.9 Å². The number of pyridine rings is 1. The van der Waals surface area contributed by atoms with Gasteiger partial charge < -0.3 is 0 Å². The maximum atomic E-state index is 4.34. The molecule has 3 heteroatoms. The fourth-order valence-electron chi connectivity index (χ4n) is 1.89. The van der Waals surface area contributed by atoms with Gasteiger partial charge in [-0.3, -0.25) is 9.99 Å². The molecule has 74 valence electrons. The Morgan fingerprint density at radius 3 is 3.00 bits per heavy atom. The minimum absolute atomic E-state index is 0.966. The van der Waals surface area contributed by atoms with Crippen LogP contribution in [0.5, 0.6) is 0 Å². The Morgan fingerprint density at radius 2 is 2.13 bits per heavy atom. The molecule has 0 radical (unpaired) electrons. The first kappa shape index (κ1) is 8.41. The van der Waals surface area contributed by atoms with Gasteiger partial charge in [0.05, 0.1) is 11.2 Å². The highest BCUT2D eigenvalue weighted by molar-refractivity contribution is 5.92. The minimum atomic E-state index is 0.966. The van der Waals surface area contributed by atoms with E-state index in [1.165, 1.54) is 5.39 Å². The number of rotatable bonds is 1. The van der Waals surface area contributed by atoms with E-state index in [1.807, 2.05) is 35.6 Å². The Balaban J connectivity index is 2.21. The van der Waals surface area contributed by atoms with Gasteiger partial charge >= 0.3 is 0 Å². The van der Waals surface area contributed by atoms with Crippen LogP contribution in [0.4, 0.5) is 5.69 Å². The topological polar surface area (TPSA) is 28.5 Å². The Hall–Kier alpha value is -1.90. The summed E-state index contributed by atoms with van der Waals surface area (Å²) in [5, 5.41) is 7.53. The molecule has 0 bridgehead atoms. The Morgan fingerprint density at radius 1 is 1.13 bits per heavy atom. The summed E-state index contributed by atoms with van der Waals surface area (Å²) < 4.78 is 0. The fourth-order valence-corrected chi connectivity index (χ4v) is 1.89. The summed E-state index contributed by atoms with van der Waals surface area (Å²) in [4.78, 5) is 4.33. The normalized spacial score (nSPS) is 15.1. The summed E-state index contributed by atoms with van der Waals surface area (Å²) in [5.41, 5.74) is 2.17. The maximum Gasteiger partial charge on any atom is 0.0723 e. The molecule has 0 atom stereocenters. The first-order valence-corrected chi connectivity index (χ1v) is 5.09. The number of hydrogen-bond donors (Lipinski definition) is 0. The molecule has 0 fully saturated rings. The van der Waals surface area contributed by atoms with E-state index in [9.17, 15) is 0 Å². The second-order valence-corrected chi connectivity index (χ2v) is 3.56. The van der Waals surface area contributed by atoms with E-state index in [4.69, 9.17) is 0 Å². The molecule has 15 heavy (non-hydrogen) atoms. The molecule has 0 N–H and O–H groups in total. The molecule has 1 aliphatic rings. The SMILES string of the molecule is C1=NN(c2cccc3ncccc23)CC1. The van der Waals surface area contributed by atoms with Crippen molar-refractivity contribution < 1.29 is 0 Å². The number of fused-ring (bicyclic) bond motifs is 1. The lowest BCUT2D eigenvalue weighted by molar-refractivity contribution is 0.927. The van der Waals surface area contributed by atoms with Crippen LogP contribution >= 0.6 is 0 Å². The number of nitrogens with zero attached hydrogens (tertiary/aromatic N) is 3. The lowest BCUT2D eigenvalue weighted by Crippen LogP contribution is -2.12. The molecule has 2 aromatic rings. The predicted octanol–water partition coefficient (Wildman–Crippen LogP) is 2.43. The van der Waals surface area contributed by atoms with Crippen molar-refractivity contribution in [1.29, 1.82) is 0 Å². The van der Waals surface area contributed by atoms with Crippen LogP contribution in [0, 0.1) is 0 Å². The van der Waals surface area contributed by atoms with E-state index in [0.717, 1.165) is 24.2 Å². The zero-order valence-electron chi connectivity index (χ0n) is 8.30. The first-order valence-electron chi connectivity index (χ1n) is 5.09. The fraction of sp³-hybridized carbons (Fsp3) is 0.167. The van der Waals surface area contributed by atoms with E-state index in [-0.39, 0.29) is 0 Å². The van der Waals surface area contributed by atoms with Crippen LogP contribution in [-0.2, 0) is 0 Å². The number of aromatic nitrogens is 1. The highest BCUT2D eigenvalue weighted by Crippen LogP contribution is 2.26. The van der Waals surface area contributed by atoms with Gasteiger partial charge in [0.15, 0.2) is 0 Å². The van der Waals surface area contributed by atoms with E-state index in [1.54, 1.807) is 0 Å². The summed E-state index contributed by atoms with van der Waals surface area (Å²) in [5.74, 6) is 0. The van der Waals surface area contributed by atoms with Crippen LogP contribution in [0.3, 0.4) is 0 Å². The van der Waals surface area contributed by atoms with Crippen LogP contribution < -0.4 is 5.01 Å². The first-order chi connectivity index (χ1) is 7.45. The molecule has 3 rings (SSSR count). The smallest absolute Gasteiger partial charge is 0.0723 e. The summed E-state index contributed by atoms with van der Waals surface area (Å²) in [6, 6.07) is 10.2. The molecule has 1 aromatic heterocycles. The van der Waals surface area contributed by atoms with Crippen LogP contribution in [0.2, 0.25) is 0 Å². The molecule has 0 saturated carbocycles. The zero-order valence-corrected chi connectivity index (χ0v) is 8.30. The monoisotopic (exact) mass is 197 g/mol. The number of hydrogen-bond acceptors (Lipinski definition) is 3. The van der Waals surface area contributed by atoms with E-state index < -0.39 is 0 Å². The zero-order chi connectivity index (χ0) is 10.1. The number of benzene rings is 1. The van der Waals surface area contributed by atoms with Crippen molar-refractivity contribution in [2.24, 2.45) is 5.10 Å². The molecule has 0 spiro atoms. The second-order valence-electron chi connectivity index (χ2n) is 3.56. The Kier molecular flexibility index (Phi) is 1.88. The molecule has 1 aromatic carbocycles. The molecule has 0 saturated heterocycles. The van der Waals surface area contributed by atoms with E-state index >= 15 is 0 Å². The number of anilines is 1. The third kappa shape index (κ3) is 1.36. The lowest BCUT2D eigenvalue weighted by Gasteiger charge is -2.15. The van der Waals surface area contributed by atoms with Crippen LogP contribution in [-0.4, -0.2) is 17.7 Å². The predicted molar refractivity (Wildman–Crippen MR) is 62.2 cm³/mol. The Bertz CT molecular complexity index is 514. The van der Waals surface area contributed by atoms with Gasteiger partial charge in [0.2, 0.25) is 0 Å². The van der Waals surface area contributed by atoms with Crippen molar-refractivity contribution in [2.45, 2.75) is 6.42 Å². The Labute approximate surface area is 88.0 Å².